The number of rotatable bonds is 5. The number of anilines is 1. The topological polar surface area (TPSA) is 71.1 Å². The van der Waals surface area contributed by atoms with E-state index in [1.54, 1.807) is 31.2 Å². The Morgan fingerprint density at radius 2 is 1.79 bits per heavy atom. The predicted molar refractivity (Wildman–Crippen MR) is 116 cm³/mol. The highest BCUT2D eigenvalue weighted by Crippen LogP contribution is 2.29. The van der Waals surface area contributed by atoms with Crippen molar-refractivity contribution in [3.8, 4) is 11.3 Å². The summed E-state index contributed by atoms with van der Waals surface area (Å²) in [6.45, 7) is 1.66. The third-order valence-corrected chi connectivity index (χ3v) is 5.91. The molecule has 148 valence electrons. The van der Waals surface area contributed by atoms with Crippen molar-refractivity contribution in [1.82, 2.24) is 10.3 Å². The molecule has 3 aromatic rings. The number of aryl methyl sites for hydroxylation is 2. The number of fused-ring (bicyclic) bond motifs is 1. The van der Waals surface area contributed by atoms with E-state index >= 15 is 0 Å². The van der Waals surface area contributed by atoms with Gasteiger partial charge in [0.05, 0.1) is 5.69 Å². The van der Waals surface area contributed by atoms with Crippen LogP contribution in [0.25, 0.3) is 11.3 Å². The molecule has 0 radical (unpaired) electrons. The van der Waals surface area contributed by atoms with Crippen molar-refractivity contribution in [1.29, 1.82) is 0 Å². The molecule has 0 unspecified atom stereocenters. The Labute approximate surface area is 174 Å². The maximum atomic E-state index is 12.5. The molecule has 1 aliphatic rings. The van der Waals surface area contributed by atoms with E-state index in [9.17, 15) is 9.59 Å². The quantitative estimate of drug-likeness (QED) is 0.659. The summed E-state index contributed by atoms with van der Waals surface area (Å²) < 4.78 is 0. The van der Waals surface area contributed by atoms with Crippen LogP contribution < -0.4 is 10.6 Å². The molecule has 0 fully saturated rings. The minimum absolute atomic E-state index is 0.276. The van der Waals surface area contributed by atoms with Gasteiger partial charge in [-0.25, -0.2) is 4.98 Å². The van der Waals surface area contributed by atoms with Crippen molar-refractivity contribution in [2.45, 2.75) is 38.6 Å². The molecule has 2 aromatic carbocycles. The lowest BCUT2D eigenvalue weighted by atomic mass is 9.90. The molecule has 1 heterocycles. The van der Waals surface area contributed by atoms with Gasteiger partial charge in [0.2, 0.25) is 5.91 Å². The first-order valence-corrected chi connectivity index (χ1v) is 10.7. The Balaban J connectivity index is 1.39. The molecule has 0 saturated carbocycles. The summed E-state index contributed by atoms with van der Waals surface area (Å²) in [5.74, 6) is -0.567. The monoisotopic (exact) mass is 405 g/mol. The number of benzene rings is 2. The highest BCUT2D eigenvalue weighted by molar-refractivity contribution is 7.14. The summed E-state index contributed by atoms with van der Waals surface area (Å²) in [5.41, 5.74) is 5.31. The number of carbonyl (C=O) groups is 2. The van der Waals surface area contributed by atoms with Crippen molar-refractivity contribution >= 4 is 28.3 Å². The number of thiazole rings is 1. The molecule has 1 aromatic heterocycles. The van der Waals surface area contributed by atoms with Gasteiger partial charge in [0, 0.05) is 16.5 Å². The number of nitrogens with zero attached hydrogens (tertiary/aromatic N) is 1. The van der Waals surface area contributed by atoms with Crippen LogP contribution in [0.3, 0.4) is 0 Å². The van der Waals surface area contributed by atoms with Crippen LogP contribution in [0.5, 0.6) is 0 Å². The zero-order chi connectivity index (χ0) is 20.2. The van der Waals surface area contributed by atoms with E-state index in [2.05, 4.69) is 33.8 Å². The van der Waals surface area contributed by atoms with Crippen LogP contribution in [-0.4, -0.2) is 22.8 Å². The number of nitrogens with one attached hydrogen (secondary N) is 2. The van der Waals surface area contributed by atoms with Gasteiger partial charge in [-0.05, 0) is 61.9 Å². The molecule has 1 atom stereocenters. The molecule has 0 spiro atoms. The Kier molecular flexibility index (Phi) is 5.71. The van der Waals surface area contributed by atoms with Crippen molar-refractivity contribution < 1.29 is 9.59 Å². The van der Waals surface area contributed by atoms with Crippen LogP contribution in [0.15, 0.2) is 53.9 Å². The van der Waals surface area contributed by atoms with Crippen molar-refractivity contribution in [2.24, 2.45) is 0 Å². The first-order chi connectivity index (χ1) is 14.1. The summed E-state index contributed by atoms with van der Waals surface area (Å²) in [7, 11) is 0. The van der Waals surface area contributed by atoms with Gasteiger partial charge in [-0.1, -0.05) is 30.3 Å². The molecule has 0 saturated heterocycles. The third-order valence-electron chi connectivity index (χ3n) is 5.16. The maximum Gasteiger partial charge on any atom is 0.251 e. The standard InChI is InChI=1S/C23H23N3O2S/c1-15(24-22(28)17-8-3-2-4-9-17)21(27)26-23-25-20(14-29-23)19-12-11-16-7-5-6-10-18(16)13-19/h2-4,8-9,11-15H,5-7,10H2,1H3,(H,24,28)(H,25,26,27)/t15-/m1/s1. The second-order valence-electron chi connectivity index (χ2n) is 7.28. The number of hydrogen-bond donors (Lipinski definition) is 2. The van der Waals surface area contributed by atoms with Crippen molar-refractivity contribution in [2.75, 3.05) is 5.32 Å². The number of aromatic nitrogens is 1. The van der Waals surface area contributed by atoms with Crippen LogP contribution >= 0.6 is 11.3 Å². The highest BCUT2D eigenvalue weighted by atomic mass is 32.1. The summed E-state index contributed by atoms with van der Waals surface area (Å²) in [6.07, 6.45) is 4.77. The van der Waals surface area contributed by atoms with Gasteiger partial charge in [0.1, 0.15) is 6.04 Å². The molecule has 2 N–H and O–H groups in total. The average Bonchev–Trinajstić information content (AvgIpc) is 3.22. The molecule has 4 rings (SSSR count). The molecule has 2 amide bonds. The minimum atomic E-state index is -0.668. The van der Waals surface area contributed by atoms with Gasteiger partial charge in [-0.2, -0.15) is 0 Å². The van der Waals surface area contributed by atoms with E-state index < -0.39 is 6.04 Å². The van der Waals surface area contributed by atoms with Crippen molar-refractivity contribution in [3.05, 3.63) is 70.6 Å². The second kappa shape index (κ2) is 8.57. The first-order valence-electron chi connectivity index (χ1n) is 9.84. The van der Waals surface area contributed by atoms with E-state index in [4.69, 9.17) is 0 Å². The molecular formula is C23H23N3O2S. The lowest BCUT2D eigenvalue weighted by molar-refractivity contribution is -0.117. The number of amides is 2. The van der Waals surface area contributed by atoms with Crippen LogP contribution in [0, 0.1) is 0 Å². The summed E-state index contributed by atoms with van der Waals surface area (Å²) >= 11 is 1.39. The summed E-state index contributed by atoms with van der Waals surface area (Å²) in [5, 5.41) is 8.00. The normalized spacial score (nSPS) is 14.0. The van der Waals surface area contributed by atoms with Gasteiger partial charge in [-0.15, -0.1) is 11.3 Å². The second-order valence-corrected chi connectivity index (χ2v) is 8.14. The van der Waals surface area contributed by atoms with Crippen LogP contribution in [0.1, 0.15) is 41.3 Å². The van der Waals surface area contributed by atoms with E-state index in [0.717, 1.165) is 24.1 Å². The minimum Gasteiger partial charge on any atom is -0.341 e. The number of carbonyl (C=O) groups excluding carboxylic acids is 2. The van der Waals surface area contributed by atoms with E-state index in [-0.39, 0.29) is 11.8 Å². The Bertz CT molecular complexity index is 1030. The predicted octanol–water partition coefficient (Wildman–Crippen LogP) is 4.45. The smallest absolute Gasteiger partial charge is 0.251 e. The molecule has 0 bridgehead atoms. The van der Waals surface area contributed by atoms with Gasteiger partial charge >= 0.3 is 0 Å². The van der Waals surface area contributed by atoms with Gasteiger partial charge in [0.15, 0.2) is 5.13 Å². The van der Waals surface area contributed by atoms with Crippen LogP contribution in [-0.2, 0) is 17.6 Å². The zero-order valence-electron chi connectivity index (χ0n) is 16.3. The maximum absolute atomic E-state index is 12.5. The van der Waals surface area contributed by atoms with Crippen LogP contribution in [0.2, 0.25) is 0 Å². The fourth-order valence-corrected chi connectivity index (χ4v) is 4.23. The molecule has 1 aliphatic carbocycles. The molecular weight excluding hydrogens is 382 g/mol. The Morgan fingerprint density at radius 1 is 1.03 bits per heavy atom. The SMILES string of the molecule is C[C@@H](NC(=O)c1ccccc1)C(=O)Nc1nc(-c2ccc3c(c2)CCCC3)cs1. The van der Waals surface area contributed by atoms with E-state index in [1.165, 1.54) is 35.3 Å². The largest absolute Gasteiger partial charge is 0.341 e. The summed E-state index contributed by atoms with van der Waals surface area (Å²) in [4.78, 5) is 29.2. The lowest BCUT2D eigenvalue weighted by Gasteiger charge is -2.16. The Morgan fingerprint density at radius 3 is 2.59 bits per heavy atom. The fourth-order valence-electron chi connectivity index (χ4n) is 3.51. The lowest BCUT2D eigenvalue weighted by Crippen LogP contribution is -2.41. The van der Waals surface area contributed by atoms with Crippen molar-refractivity contribution in [3.63, 3.8) is 0 Å². The third kappa shape index (κ3) is 4.54. The first kappa shape index (κ1) is 19.3. The molecule has 0 aliphatic heterocycles. The number of hydrogen-bond acceptors (Lipinski definition) is 4. The van der Waals surface area contributed by atoms with E-state index in [1.807, 2.05) is 11.4 Å². The zero-order valence-corrected chi connectivity index (χ0v) is 17.1. The van der Waals surface area contributed by atoms with E-state index in [0.29, 0.717) is 10.7 Å². The average molecular weight is 406 g/mol. The molecule has 6 heteroatoms. The fraction of sp³-hybridized carbons (Fsp3) is 0.261. The molecule has 5 nitrogen and oxygen atoms in total. The highest BCUT2D eigenvalue weighted by Gasteiger charge is 2.18. The molecule has 29 heavy (non-hydrogen) atoms. The van der Waals surface area contributed by atoms with Crippen LogP contribution in [0.4, 0.5) is 5.13 Å². The van der Waals surface area contributed by atoms with Gasteiger partial charge in [-0.3, -0.25) is 9.59 Å². The Hall–Kier alpha value is -2.99. The summed E-state index contributed by atoms with van der Waals surface area (Å²) in [6, 6.07) is 14.7. The van der Waals surface area contributed by atoms with Gasteiger partial charge in [0.25, 0.3) is 5.91 Å². The van der Waals surface area contributed by atoms with Gasteiger partial charge < -0.3 is 10.6 Å².